The molecule has 21 nitrogen and oxygen atoms in total. The van der Waals surface area contributed by atoms with Crippen molar-refractivity contribution in [2.75, 3.05) is 26.4 Å². The van der Waals surface area contributed by atoms with Crippen LogP contribution < -0.4 is 27.0 Å². The first-order valence-electron chi connectivity index (χ1n) is 21.2. The number of ether oxygens (including phenoxy) is 2. The third-order valence-electron chi connectivity index (χ3n) is 9.63. The summed E-state index contributed by atoms with van der Waals surface area (Å²) in [6.45, 7) is 13.8. The van der Waals surface area contributed by atoms with E-state index in [9.17, 15) is 48.2 Å². The second kappa shape index (κ2) is 26.3. The summed E-state index contributed by atoms with van der Waals surface area (Å²) in [6, 6.07) is 3.53. The molecule has 0 fully saturated rings. The zero-order valence-corrected chi connectivity index (χ0v) is 39.0. The van der Waals surface area contributed by atoms with Gasteiger partial charge >= 0.3 is 7.82 Å². The molecule has 0 aliphatic heterocycles. The second-order valence-corrected chi connectivity index (χ2v) is 18.8. The van der Waals surface area contributed by atoms with Crippen molar-refractivity contribution in [1.29, 1.82) is 0 Å². The van der Waals surface area contributed by atoms with E-state index in [4.69, 9.17) is 15.2 Å². The van der Waals surface area contributed by atoms with Crippen molar-refractivity contribution in [3.63, 3.8) is 0 Å². The number of amides is 6. The molecule has 0 aliphatic carbocycles. The van der Waals surface area contributed by atoms with Crippen LogP contribution in [0.2, 0.25) is 0 Å². The van der Waals surface area contributed by atoms with E-state index >= 15 is 0 Å². The van der Waals surface area contributed by atoms with Crippen LogP contribution in [0.1, 0.15) is 98.8 Å². The number of aliphatic hydroxyl groups excluding tert-OH is 1. The fourth-order valence-electron chi connectivity index (χ4n) is 6.25. The first-order valence-corrected chi connectivity index (χ1v) is 22.7. The van der Waals surface area contributed by atoms with E-state index in [1.807, 2.05) is 78.8 Å². The number of rotatable bonds is 29. The van der Waals surface area contributed by atoms with Gasteiger partial charge in [-0.2, -0.15) is 0 Å². The number of nitrogens with two attached hydrogens (primary N) is 1. The molecule has 1 aromatic heterocycles. The average Bonchev–Trinajstić information content (AvgIpc) is 3.70. The van der Waals surface area contributed by atoms with Gasteiger partial charge in [-0.1, -0.05) is 44.2 Å². The lowest BCUT2D eigenvalue weighted by molar-refractivity contribution is -0.140. The molecular weight excluding hydrogens is 855 g/mol. The largest absolute Gasteiger partial charge is 0.469 e. The molecule has 1 aromatic carbocycles. The van der Waals surface area contributed by atoms with Crippen LogP contribution in [-0.4, -0.2) is 133 Å². The van der Waals surface area contributed by atoms with Crippen molar-refractivity contribution < 1.29 is 62.2 Å². The first kappa shape index (κ1) is 55.4. The number of carbonyl (C=O) groups excluding carboxylic acids is 6. The molecule has 6 amide bonds. The number of phosphoric ester groups is 1. The molecule has 360 valence electrons. The standard InChI is InChI=1S/C42H69N8O13P/c1-27(2)20-33(46-36(53)24-50(23-29-12-10-9-11-13-29)37(54)16-18-62-42(7,8)17-19-61-41(4,5)6)39(56)47-31(15-14-30-22-44-26-45-30)38(55)49-34(25-51)40(57)48-32(21-35(43)52)28(3)63-64(58,59)60/h9-13,22,26-28,31-34,51H,14-21,23-25H2,1-8H3,(H2,43,52)(H,44,45)(H,46,53)(H,47,56)(H,48,57)(H,49,55)(H2,58,59,60). The van der Waals surface area contributed by atoms with Crippen molar-refractivity contribution in [1.82, 2.24) is 36.1 Å². The SMILES string of the molecule is CC(C)CC(NC(=O)CN(Cc1ccccc1)C(=O)CCOC(C)(C)CCOC(C)(C)C)C(=O)NC(CCc1cnc[nH]1)C(=O)NC(CO)C(=O)NC(CC(N)=O)C(C)OP(=O)(O)O. The van der Waals surface area contributed by atoms with Gasteiger partial charge in [0.15, 0.2) is 0 Å². The van der Waals surface area contributed by atoms with Gasteiger partial charge in [-0.25, -0.2) is 9.55 Å². The van der Waals surface area contributed by atoms with Gasteiger partial charge in [0.05, 0.1) is 55.9 Å². The Hall–Kier alpha value is -4.76. The number of hydrogen-bond acceptors (Lipinski definition) is 12. The van der Waals surface area contributed by atoms with E-state index < -0.39 is 92.8 Å². The fraction of sp³-hybridized carbons (Fsp3) is 0.643. The Labute approximate surface area is 375 Å². The molecule has 0 radical (unpaired) electrons. The quantitative estimate of drug-likeness (QED) is 0.0517. The molecule has 1 heterocycles. The number of aryl methyl sites for hydroxylation is 1. The number of benzene rings is 1. The number of nitrogens with one attached hydrogen (secondary N) is 5. The Morgan fingerprint density at radius 3 is 2.06 bits per heavy atom. The van der Waals surface area contributed by atoms with Gasteiger partial charge in [-0.3, -0.25) is 33.3 Å². The molecule has 5 atom stereocenters. The van der Waals surface area contributed by atoms with Crippen LogP contribution in [0.25, 0.3) is 0 Å². The van der Waals surface area contributed by atoms with E-state index in [2.05, 4.69) is 35.8 Å². The van der Waals surface area contributed by atoms with Crippen LogP contribution in [-0.2, 0) is 60.3 Å². The number of aromatic amines is 1. The zero-order valence-electron chi connectivity index (χ0n) is 38.1. The van der Waals surface area contributed by atoms with Crippen LogP contribution >= 0.6 is 7.82 Å². The number of carbonyl (C=O) groups is 6. The molecule has 0 saturated carbocycles. The van der Waals surface area contributed by atoms with E-state index in [0.29, 0.717) is 18.7 Å². The van der Waals surface area contributed by atoms with Crippen molar-refractivity contribution in [2.45, 2.75) is 142 Å². The topological polar surface area (TPSA) is 314 Å². The Morgan fingerprint density at radius 1 is 0.875 bits per heavy atom. The number of imidazole rings is 1. The van der Waals surface area contributed by atoms with Gasteiger partial charge in [0.2, 0.25) is 35.4 Å². The first-order chi connectivity index (χ1) is 29.8. The molecule has 10 N–H and O–H groups in total. The van der Waals surface area contributed by atoms with E-state index in [0.717, 1.165) is 5.56 Å². The predicted octanol–water partition coefficient (Wildman–Crippen LogP) is 1.11. The third kappa shape index (κ3) is 22.7. The minimum absolute atomic E-state index is 0.0223. The normalized spacial score (nSPS) is 14.4. The smallest absolute Gasteiger partial charge is 0.394 e. The molecule has 2 rings (SSSR count). The Morgan fingerprint density at radius 2 is 1.50 bits per heavy atom. The van der Waals surface area contributed by atoms with Gasteiger partial charge in [0.1, 0.15) is 18.1 Å². The van der Waals surface area contributed by atoms with Crippen molar-refractivity contribution in [3.05, 3.63) is 54.1 Å². The van der Waals surface area contributed by atoms with Gasteiger partial charge in [-0.15, -0.1) is 0 Å². The molecule has 0 spiro atoms. The number of phosphoric acid groups is 1. The maximum atomic E-state index is 14.0. The van der Waals surface area contributed by atoms with Crippen molar-refractivity contribution in [2.24, 2.45) is 11.7 Å². The molecule has 0 saturated heterocycles. The van der Waals surface area contributed by atoms with Crippen LogP contribution in [0.3, 0.4) is 0 Å². The minimum atomic E-state index is -5.06. The summed E-state index contributed by atoms with van der Waals surface area (Å²) in [5.74, 6) is -4.76. The zero-order chi connectivity index (χ0) is 48.3. The highest BCUT2D eigenvalue weighted by molar-refractivity contribution is 7.46. The minimum Gasteiger partial charge on any atom is -0.394 e. The molecule has 0 bridgehead atoms. The summed E-state index contributed by atoms with van der Waals surface area (Å²) >= 11 is 0. The highest BCUT2D eigenvalue weighted by atomic mass is 31.2. The molecule has 22 heteroatoms. The van der Waals surface area contributed by atoms with Crippen LogP contribution in [0, 0.1) is 5.92 Å². The highest BCUT2D eigenvalue weighted by Crippen LogP contribution is 2.38. The second-order valence-electron chi connectivity index (χ2n) is 17.6. The van der Waals surface area contributed by atoms with Gasteiger partial charge in [-0.05, 0) is 78.7 Å². The van der Waals surface area contributed by atoms with E-state index in [1.165, 1.54) is 24.3 Å². The average molecular weight is 925 g/mol. The maximum absolute atomic E-state index is 14.0. The molecule has 2 aromatic rings. The number of hydrogen-bond donors (Lipinski definition) is 9. The van der Waals surface area contributed by atoms with Crippen LogP contribution in [0.4, 0.5) is 0 Å². The van der Waals surface area contributed by atoms with E-state index in [-0.39, 0.29) is 56.3 Å². The summed E-state index contributed by atoms with van der Waals surface area (Å²) in [4.78, 5) is 107. The molecule has 5 unspecified atom stereocenters. The van der Waals surface area contributed by atoms with Crippen molar-refractivity contribution in [3.8, 4) is 0 Å². The molecule has 64 heavy (non-hydrogen) atoms. The van der Waals surface area contributed by atoms with Gasteiger partial charge in [0.25, 0.3) is 0 Å². The lowest BCUT2D eigenvalue weighted by Gasteiger charge is -2.29. The lowest BCUT2D eigenvalue weighted by atomic mass is 10.0. The number of aromatic nitrogens is 2. The number of primary amides is 1. The Bertz CT molecular complexity index is 1840. The van der Waals surface area contributed by atoms with Gasteiger partial charge < -0.3 is 61.3 Å². The Balaban J connectivity index is 2.26. The Kier molecular flexibility index (Phi) is 22.7. The molecular formula is C42H69N8O13P. The summed E-state index contributed by atoms with van der Waals surface area (Å²) in [7, 11) is -5.06. The van der Waals surface area contributed by atoms with Crippen molar-refractivity contribution >= 4 is 43.3 Å². The summed E-state index contributed by atoms with van der Waals surface area (Å²) < 4.78 is 27.9. The summed E-state index contributed by atoms with van der Waals surface area (Å²) in [6.07, 6.45) is 1.76. The third-order valence-corrected chi connectivity index (χ3v) is 10.2. The van der Waals surface area contributed by atoms with Crippen LogP contribution in [0.15, 0.2) is 42.9 Å². The van der Waals surface area contributed by atoms with Gasteiger partial charge in [0, 0.05) is 31.5 Å². The lowest BCUT2D eigenvalue weighted by Crippen LogP contribution is -2.59. The fourth-order valence-corrected chi connectivity index (χ4v) is 6.83. The van der Waals surface area contributed by atoms with E-state index in [1.54, 1.807) is 0 Å². The highest BCUT2D eigenvalue weighted by Gasteiger charge is 2.34. The number of aliphatic hydroxyl groups is 1. The molecule has 0 aliphatic rings. The predicted molar refractivity (Wildman–Crippen MR) is 234 cm³/mol. The summed E-state index contributed by atoms with van der Waals surface area (Å²) in [5.41, 5.74) is 5.76. The number of H-pyrrole nitrogens is 1. The monoisotopic (exact) mass is 924 g/mol. The maximum Gasteiger partial charge on any atom is 0.469 e. The summed E-state index contributed by atoms with van der Waals surface area (Å²) in [5, 5.41) is 20.2. The number of nitrogens with zero attached hydrogens (tertiary/aromatic N) is 2. The van der Waals surface area contributed by atoms with Crippen LogP contribution in [0.5, 0.6) is 0 Å².